The number of amides is 2. The van der Waals surface area contributed by atoms with Crippen LogP contribution in [-0.4, -0.2) is 76.5 Å². The number of aromatic nitrogens is 3. The fraction of sp³-hybridized carbons (Fsp3) is 0.433. The van der Waals surface area contributed by atoms with Crippen LogP contribution in [0, 0.1) is 0 Å². The standard InChI is InChI=1S/C30H36F3N7O5/c1-29(2,3)45-28(42)40-15-4-14-34-24(41)21-8-10-22(11-9-21)36-26-37-25(38-27(39-26)44-19-30(31,32)33)35-18-20-6-12-23(13-7-20)43-17-5-16-40/h6-13H,4-5,14-19H2,1-3H3,(H,34,41)(H2,35,36,37,38,39). The number of hydrogen-bond acceptors (Lipinski definition) is 10. The summed E-state index contributed by atoms with van der Waals surface area (Å²) in [7, 11) is 0. The Bertz CT molecular complexity index is 1430. The molecule has 3 aromatic rings. The van der Waals surface area contributed by atoms with Crippen molar-refractivity contribution in [3.05, 3.63) is 59.7 Å². The smallest absolute Gasteiger partial charge is 0.422 e. The van der Waals surface area contributed by atoms with Crippen LogP contribution in [0.1, 0.15) is 49.5 Å². The molecule has 1 aromatic heterocycles. The maximum atomic E-state index is 12.8. The predicted molar refractivity (Wildman–Crippen MR) is 160 cm³/mol. The molecule has 0 atom stereocenters. The van der Waals surface area contributed by atoms with E-state index in [0.29, 0.717) is 56.1 Å². The van der Waals surface area contributed by atoms with Crippen molar-refractivity contribution in [3.63, 3.8) is 0 Å². The lowest BCUT2D eigenvalue weighted by atomic mass is 10.2. The van der Waals surface area contributed by atoms with E-state index >= 15 is 0 Å². The Labute approximate surface area is 258 Å². The van der Waals surface area contributed by atoms with E-state index < -0.39 is 30.5 Å². The number of nitrogens with zero attached hydrogens (tertiary/aromatic N) is 4. The van der Waals surface area contributed by atoms with Crippen LogP contribution < -0.4 is 25.4 Å². The van der Waals surface area contributed by atoms with Crippen molar-refractivity contribution < 1.29 is 37.0 Å². The highest BCUT2D eigenvalue weighted by Crippen LogP contribution is 2.21. The lowest BCUT2D eigenvalue weighted by molar-refractivity contribution is -0.154. The molecule has 0 spiro atoms. The van der Waals surface area contributed by atoms with Crippen molar-refractivity contribution in [2.24, 2.45) is 0 Å². The summed E-state index contributed by atoms with van der Waals surface area (Å²) in [6.07, 6.45) is -3.96. The van der Waals surface area contributed by atoms with E-state index in [4.69, 9.17) is 14.2 Å². The van der Waals surface area contributed by atoms with Crippen LogP contribution in [0.5, 0.6) is 11.8 Å². The fourth-order valence-electron chi connectivity index (χ4n) is 4.06. The highest BCUT2D eigenvalue weighted by atomic mass is 19.4. The molecule has 242 valence electrons. The van der Waals surface area contributed by atoms with E-state index in [1.165, 1.54) is 0 Å². The summed E-state index contributed by atoms with van der Waals surface area (Å²) in [5.74, 6) is 0.243. The number of nitrogens with one attached hydrogen (secondary N) is 3. The van der Waals surface area contributed by atoms with Crippen LogP contribution >= 0.6 is 0 Å². The SMILES string of the molecule is CC(C)(C)OC(=O)N1CCCNC(=O)c2ccc(cc2)Nc2nc(nc(OCC(F)(F)F)n2)NCc2ccc(cc2)OCCC1. The first-order valence-corrected chi connectivity index (χ1v) is 14.4. The molecule has 2 amide bonds. The summed E-state index contributed by atoms with van der Waals surface area (Å²) in [4.78, 5) is 39.3. The molecular weight excluding hydrogens is 595 g/mol. The molecule has 12 nitrogen and oxygen atoms in total. The third-order valence-corrected chi connectivity index (χ3v) is 6.14. The van der Waals surface area contributed by atoms with Gasteiger partial charge in [0.2, 0.25) is 11.9 Å². The number of halogens is 3. The second-order valence-electron chi connectivity index (χ2n) is 11.1. The minimum Gasteiger partial charge on any atom is -0.494 e. The number of carbonyl (C=O) groups is 2. The monoisotopic (exact) mass is 631 g/mol. The summed E-state index contributed by atoms with van der Waals surface area (Å²) < 4.78 is 54.5. The molecule has 0 unspecified atom stereocenters. The van der Waals surface area contributed by atoms with Gasteiger partial charge >= 0.3 is 18.3 Å². The maximum Gasteiger partial charge on any atom is 0.422 e. The van der Waals surface area contributed by atoms with Crippen LogP contribution in [0.4, 0.5) is 35.5 Å². The Morgan fingerprint density at radius 1 is 0.933 bits per heavy atom. The maximum absolute atomic E-state index is 12.8. The summed E-state index contributed by atoms with van der Waals surface area (Å²) >= 11 is 0. The number of ether oxygens (including phenoxy) is 3. The largest absolute Gasteiger partial charge is 0.494 e. The summed E-state index contributed by atoms with van der Waals surface area (Å²) in [5.41, 5.74) is 1.04. The van der Waals surface area contributed by atoms with Crippen LogP contribution in [0.15, 0.2) is 48.5 Å². The van der Waals surface area contributed by atoms with Gasteiger partial charge in [0.1, 0.15) is 11.4 Å². The van der Waals surface area contributed by atoms with Gasteiger partial charge in [-0.15, -0.1) is 0 Å². The van der Waals surface area contributed by atoms with E-state index in [0.717, 1.165) is 5.56 Å². The third-order valence-electron chi connectivity index (χ3n) is 6.14. The number of benzene rings is 2. The minimum absolute atomic E-state index is 0.00926. The Balaban J connectivity index is 1.53. The van der Waals surface area contributed by atoms with E-state index in [-0.39, 0.29) is 24.3 Å². The van der Waals surface area contributed by atoms with Crippen LogP contribution in [0.2, 0.25) is 0 Å². The van der Waals surface area contributed by atoms with Crippen molar-refractivity contribution in [2.45, 2.75) is 51.9 Å². The Morgan fingerprint density at radius 3 is 2.31 bits per heavy atom. The van der Waals surface area contributed by atoms with Crippen LogP contribution in [0.3, 0.4) is 0 Å². The van der Waals surface area contributed by atoms with E-state index in [1.807, 2.05) is 12.1 Å². The van der Waals surface area contributed by atoms with Crippen molar-refractivity contribution >= 4 is 29.6 Å². The lowest BCUT2D eigenvalue weighted by Gasteiger charge is -2.27. The number of hydrogen-bond donors (Lipinski definition) is 3. The molecule has 0 radical (unpaired) electrons. The highest BCUT2D eigenvalue weighted by Gasteiger charge is 2.29. The zero-order valence-electron chi connectivity index (χ0n) is 25.2. The van der Waals surface area contributed by atoms with Gasteiger partial charge in [0.15, 0.2) is 6.61 Å². The van der Waals surface area contributed by atoms with Crippen molar-refractivity contribution in [3.8, 4) is 11.8 Å². The van der Waals surface area contributed by atoms with Crippen molar-refractivity contribution in [2.75, 3.05) is 43.5 Å². The molecule has 2 aromatic carbocycles. The Kier molecular flexibility index (Phi) is 10.9. The first-order chi connectivity index (χ1) is 21.3. The third kappa shape index (κ3) is 11.3. The highest BCUT2D eigenvalue weighted by molar-refractivity contribution is 5.94. The fourth-order valence-corrected chi connectivity index (χ4v) is 4.06. The number of anilines is 3. The molecule has 4 aliphatic rings. The Morgan fingerprint density at radius 2 is 1.62 bits per heavy atom. The quantitative estimate of drug-likeness (QED) is 0.341. The molecule has 0 aliphatic carbocycles. The van der Waals surface area contributed by atoms with Gasteiger partial charge in [-0.25, -0.2) is 4.79 Å². The molecule has 15 heteroatoms. The Hall–Kier alpha value is -4.82. The first kappa shape index (κ1) is 33.1. The van der Waals surface area contributed by atoms with Crippen molar-refractivity contribution in [1.82, 2.24) is 25.2 Å². The molecule has 0 saturated heterocycles. The molecule has 0 saturated carbocycles. The molecule has 7 rings (SSSR count). The number of carbonyl (C=O) groups excluding carboxylic acids is 2. The molecule has 3 N–H and O–H groups in total. The average Bonchev–Trinajstić information content (AvgIpc) is 2.97. The van der Waals surface area contributed by atoms with Crippen LogP contribution in [0.25, 0.3) is 0 Å². The zero-order valence-corrected chi connectivity index (χ0v) is 25.2. The molecule has 6 bridgehead atoms. The van der Waals surface area contributed by atoms with Gasteiger partial charge in [-0.1, -0.05) is 12.1 Å². The molecule has 5 heterocycles. The van der Waals surface area contributed by atoms with Crippen molar-refractivity contribution in [1.29, 1.82) is 0 Å². The molecule has 4 aliphatic heterocycles. The van der Waals surface area contributed by atoms with Gasteiger partial charge < -0.3 is 35.1 Å². The van der Waals surface area contributed by atoms with E-state index in [1.54, 1.807) is 62.1 Å². The summed E-state index contributed by atoms with van der Waals surface area (Å²) in [6, 6.07) is 13.1. The predicted octanol–water partition coefficient (Wildman–Crippen LogP) is 5.31. The second-order valence-corrected chi connectivity index (χ2v) is 11.1. The van der Waals surface area contributed by atoms with Gasteiger partial charge in [0.25, 0.3) is 5.91 Å². The summed E-state index contributed by atoms with van der Waals surface area (Å²) in [6.45, 7) is 5.55. The topological polar surface area (TPSA) is 140 Å². The molecule has 45 heavy (non-hydrogen) atoms. The van der Waals surface area contributed by atoms with Gasteiger partial charge in [-0.05, 0) is 75.6 Å². The normalized spacial score (nSPS) is 15.2. The zero-order chi connectivity index (χ0) is 32.5. The molecular formula is C30H36F3N7O5. The van der Waals surface area contributed by atoms with Gasteiger partial charge in [0, 0.05) is 37.4 Å². The number of rotatable bonds is 2. The van der Waals surface area contributed by atoms with Gasteiger partial charge in [-0.3, -0.25) is 4.79 Å². The van der Waals surface area contributed by atoms with Gasteiger partial charge in [0.05, 0.1) is 6.61 Å². The molecule has 0 fully saturated rings. The van der Waals surface area contributed by atoms with Gasteiger partial charge in [-0.2, -0.15) is 28.1 Å². The summed E-state index contributed by atoms with van der Waals surface area (Å²) in [5, 5.41) is 8.72. The van der Waals surface area contributed by atoms with Crippen LogP contribution in [-0.2, 0) is 11.3 Å². The first-order valence-electron chi connectivity index (χ1n) is 14.4. The number of alkyl halides is 3. The minimum atomic E-state index is -4.58. The van der Waals surface area contributed by atoms with E-state index in [2.05, 4.69) is 30.9 Å². The average molecular weight is 632 g/mol. The van der Waals surface area contributed by atoms with E-state index in [9.17, 15) is 22.8 Å². The second kappa shape index (κ2) is 14.8. The lowest BCUT2D eigenvalue weighted by Crippen LogP contribution is -2.39.